The fourth-order valence-electron chi connectivity index (χ4n) is 1.22. The van der Waals surface area contributed by atoms with E-state index in [0.29, 0.717) is 0 Å². The van der Waals surface area contributed by atoms with Crippen molar-refractivity contribution in [1.29, 1.82) is 0 Å². The van der Waals surface area contributed by atoms with Crippen molar-refractivity contribution in [2.75, 3.05) is 0 Å². The Morgan fingerprint density at radius 1 is 1.07 bits per heavy atom. The van der Waals surface area contributed by atoms with Crippen LogP contribution in [0.25, 0.3) is 23.6 Å². The van der Waals surface area contributed by atoms with Gasteiger partial charge in [0, 0.05) is 14.4 Å². The second-order valence-electron chi connectivity index (χ2n) is 3.07. The Balaban J connectivity index is 2.55. The molecule has 0 fully saturated rings. The van der Waals surface area contributed by atoms with E-state index in [1.54, 1.807) is 11.3 Å². The summed E-state index contributed by atoms with van der Waals surface area (Å²) in [4.78, 5) is 1.19. The van der Waals surface area contributed by atoms with E-state index in [-0.39, 0.29) is 0 Å². The summed E-state index contributed by atoms with van der Waals surface area (Å²) >= 11 is 7.47. The molecule has 0 bridgehead atoms. The zero-order chi connectivity index (χ0) is 10.1. The van der Waals surface area contributed by atoms with Crippen LogP contribution in [0.2, 0.25) is 5.02 Å². The second kappa shape index (κ2) is 3.60. The smallest absolute Gasteiger partial charge is 0.0406 e. The van der Waals surface area contributed by atoms with Gasteiger partial charge in [-0.1, -0.05) is 36.9 Å². The van der Waals surface area contributed by atoms with Crippen LogP contribution in [0.4, 0.5) is 0 Å². The highest BCUT2D eigenvalue weighted by Gasteiger charge is 1.99. The topological polar surface area (TPSA) is 0 Å². The number of benzene rings is 1. The first-order chi connectivity index (χ1) is 6.66. The molecular weight excluding hydrogens is 212 g/mol. The van der Waals surface area contributed by atoms with Crippen molar-refractivity contribution in [3.8, 4) is 10.4 Å². The van der Waals surface area contributed by atoms with Gasteiger partial charge in [-0.3, -0.25) is 0 Å². The van der Waals surface area contributed by atoms with Crippen LogP contribution >= 0.6 is 22.9 Å². The van der Waals surface area contributed by atoms with E-state index in [1.807, 2.05) is 24.3 Å². The van der Waals surface area contributed by atoms with Crippen molar-refractivity contribution in [2.45, 2.75) is 0 Å². The molecule has 0 unspecified atom stereocenters. The average molecular weight is 221 g/mol. The molecule has 0 nitrogen and oxygen atoms in total. The molecule has 2 heteroatoms. The molecule has 1 aromatic heterocycles. The van der Waals surface area contributed by atoms with Crippen molar-refractivity contribution < 1.29 is 0 Å². The predicted molar refractivity (Wildman–Crippen MR) is 65.1 cm³/mol. The highest BCUT2D eigenvalue weighted by atomic mass is 35.5. The summed E-state index contributed by atoms with van der Waals surface area (Å²) in [6.45, 7) is 7.82. The molecule has 1 heterocycles. The van der Waals surface area contributed by atoms with Gasteiger partial charge in [-0.25, -0.2) is 0 Å². The fourth-order valence-corrected chi connectivity index (χ4v) is 2.26. The zero-order valence-corrected chi connectivity index (χ0v) is 9.16. The van der Waals surface area contributed by atoms with Crippen LogP contribution in [0.3, 0.4) is 0 Å². The number of thiophene rings is 1. The highest BCUT2D eigenvalue weighted by Crippen LogP contribution is 2.22. The molecule has 0 atom stereocenters. The van der Waals surface area contributed by atoms with Crippen LogP contribution in [0.1, 0.15) is 0 Å². The Morgan fingerprint density at radius 2 is 1.71 bits per heavy atom. The lowest BCUT2D eigenvalue weighted by Crippen LogP contribution is -2.11. The molecule has 0 saturated carbocycles. The molecule has 0 aliphatic rings. The molecular formula is C12H9ClS. The van der Waals surface area contributed by atoms with Gasteiger partial charge in [0.1, 0.15) is 0 Å². The van der Waals surface area contributed by atoms with E-state index in [0.717, 1.165) is 14.8 Å². The van der Waals surface area contributed by atoms with E-state index in [9.17, 15) is 0 Å². The molecule has 1 aromatic carbocycles. The molecule has 14 heavy (non-hydrogen) atoms. The van der Waals surface area contributed by atoms with Crippen LogP contribution in [-0.2, 0) is 0 Å². The normalized spacial score (nSPS) is 10.4. The summed E-state index contributed by atoms with van der Waals surface area (Å²) < 4.78 is 1.02. The molecule has 2 aromatic rings. The van der Waals surface area contributed by atoms with Crippen LogP contribution in [0.5, 0.6) is 0 Å². The van der Waals surface area contributed by atoms with Crippen LogP contribution in [0.15, 0.2) is 30.3 Å². The summed E-state index contributed by atoms with van der Waals surface area (Å²) in [5.74, 6) is 0. The minimum Gasteiger partial charge on any atom is -0.136 e. The maximum absolute atomic E-state index is 5.81. The van der Waals surface area contributed by atoms with Crippen LogP contribution in [-0.4, -0.2) is 0 Å². The summed E-state index contributed by atoms with van der Waals surface area (Å²) in [6.07, 6.45) is 0. The average Bonchev–Trinajstić information content (AvgIpc) is 2.48. The number of hydrogen-bond acceptors (Lipinski definition) is 1. The third-order valence-corrected chi connectivity index (χ3v) is 3.36. The molecule has 0 spiro atoms. The number of hydrogen-bond donors (Lipinski definition) is 0. The molecule has 70 valence electrons. The molecule has 0 aliphatic heterocycles. The first-order valence-corrected chi connectivity index (χ1v) is 5.40. The molecule has 0 saturated heterocycles. The Kier molecular flexibility index (Phi) is 2.44. The van der Waals surface area contributed by atoms with Crippen molar-refractivity contribution in [1.82, 2.24) is 0 Å². The summed E-state index contributed by atoms with van der Waals surface area (Å²) in [5.41, 5.74) is 1.17. The monoisotopic (exact) mass is 220 g/mol. The molecule has 2 rings (SSSR count). The van der Waals surface area contributed by atoms with Crippen molar-refractivity contribution in [3.63, 3.8) is 0 Å². The predicted octanol–water partition coefficient (Wildman–Crippen LogP) is 2.89. The van der Waals surface area contributed by atoms with Crippen molar-refractivity contribution in [3.05, 3.63) is 45.1 Å². The largest absolute Gasteiger partial charge is 0.136 e. The van der Waals surface area contributed by atoms with E-state index < -0.39 is 0 Å². The summed E-state index contributed by atoms with van der Waals surface area (Å²) in [5, 5.41) is 1.76. The Labute approximate surface area is 91.8 Å². The van der Waals surface area contributed by atoms with Gasteiger partial charge < -0.3 is 0 Å². The fraction of sp³-hybridized carbons (Fsp3) is 0. The second-order valence-corrected chi connectivity index (χ2v) is 4.64. The van der Waals surface area contributed by atoms with Gasteiger partial charge in [-0.05, 0) is 29.0 Å². The molecule has 0 amide bonds. The maximum atomic E-state index is 5.81. The minimum absolute atomic E-state index is 0.759. The quantitative estimate of drug-likeness (QED) is 0.694. The lowest BCUT2D eigenvalue weighted by atomic mass is 10.2. The highest BCUT2D eigenvalue weighted by molar-refractivity contribution is 7.13. The van der Waals surface area contributed by atoms with E-state index in [4.69, 9.17) is 11.6 Å². The van der Waals surface area contributed by atoms with Crippen molar-refractivity contribution in [2.24, 2.45) is 0 Å². The molecule has 0 radical (unpaired) electrons. The summed E-state index contributed by atoms with van der Waals surface area (Å²) in [7, 11) is 0. The minimum atomic E-state index is 0.759. The lowest BCUT2D eigenvalue weighted by molar-refractivity contribution is 1.68. The van der Waals surface area contributed by atoms with Gasteiger partial charge in [0.05, 0.1) is 0 Å². The van der Waals surface area contributed by atoms with Gasteiger partial charge in [0.15, 0.2) is 0 Å². The number of rotatable bonds is 1. The van der Waals surface area contributed by atoms with E-state index in [2.05, 4.69) is 19.2 Å². The first kappa shape index (κ1) is 9.50. The van der Waals surface area contributed by atoms with Gasteiger partial charge >= 0.3 is 0 Å². The van der Waals surface area contributed by atoms with Gasteiger partial charge in [0.25, 0.3) is 0 Å². The Morgan fingerprint density at radius 3 is 2.21 bits per heavy atom. The van der Waals surface area contributed by atoms with Gasteiger partial charge in [0.2, 0.25) is 0 Å². The van der Waals surface area contributed by atoms with Crippen molar-refractivity contribution >= 4 is 36.1 Å². The van der Waals surface area contributed by atoms with Gasteiger partial charge in [-0.2, -0.15) is 0 Å². The Bertz CT molecular complexity index is 509. The maximum Gasteiger partial charge on any atom is 0.0406 e. The summed E-state index contributed by atoms with van der Waals surface area (Å²) in [6, 6.07) is 9.85. The number of halogens is 1. The molecule has 0 aliphatic carbocycles. The Hall–Kier alpha value is -1.05. The third-order valence-electron chi connectivity index (χ3n) is 2.03. The lowest BCUT2D eigenvalue weighted by Gasteiger charge is -1.95. The van der Waals surface area contributed by atoms with Crippen LogP contribution in [0, 0.1) is 0 Å². The molecule has 0 N–H and O–H groups in total. The third kappa shape index (κ3) is 1.74. The zero-order valence-electron chi connectivity index (χ0n) is 7.59. The SMILES string of the molecule is C=c1cc(-c2ccc(Cl)cc2)sc1=C. The van der Waals surface area contributed by atoms with E-state index in [1.165, 1.54) is 10.4 Å². The van der Waals surface area contributed by atoms with E-state index >= 15 is 0 Å². The first-order valence-electron chi connectivity index (χ1n) is 4.20. The standard InChI is InChI=1S/C12H9ClS/c1-8-7-12(14-9(8)2)10-3-5-11(13)6-4-10/h3-7H,1-2H2. The van der Waals surface area contributed by atoms with Crippen LogP contribution < -0.4 is 9.75 Å². The van der Waals surface area contributed by atoms with Gasteiger partial charge in [-0.15, -0.1) is 11.3 Å².